The number of alkyl halides is 2. The lowest BCUT2D eigenvalue weighted by atomic mass is 10.1. The molecule has 1 rings (SSSR count). The van der Waals surface area contributed by atoms with E-state index in [0.29, 0.717) is 5.69 Å². The van der Waals surface area contributed by atoms with Gasteiger partial charge in [-0.1, -0.05) is 0 Å². The summed E-state index contributed by atoms with van der Waals surface area (Å²) in [6, 6.07) is -1.12. The number of nitrogens with two attached hydrogens (primary N) is 1. The first-order valence-electron chi connectivity index (χ1n) is 3.64. The number of halogens is 2. The molecule has 0 fully saturated rings. The van der Waals surface area contributed by atoms with E-state index in [1.807, 2.05) is 0 Å². The molecule has 1 unspecified atom stereocenters. The molecule has 0 bridgehead atoms. The highest BCUT2D eigenvalue weighted by molar-refractivity contribution is 5.10. The molecular weight excluding hydrogens is 164 g/mol. The van der Waals surface area contributed by atoms with Gasteiger partial charge in [0.25, 0.3) is 6.43 Å². The van der Waals surface area contributed by atoms with Gasteiger partial charge in [0, 0.05) is 12.1 Å². The highest BCUT2D eigenvalue weighted by Gasteiger charge is 2.17. The normalized spacial score (nSPS) is 13.8. The van der Waals surface area contributed by atoms with Crippen molar-refractivity contribution in [2.24, 2.45) is 5.73 Å². The average molecular weight is 175 g/mol. The summed E-state index contributed by atoms with van der Waals surface area (Å²) in [6.07, 6.45) is -0.892. The minimum Gasteiger partial charge on any atom is -0.348 e. The third-order valence-electron chi connectivity index (χ3n) is 1.69. The Balaban J connectivity index is 2.58. The third-order valence-corrected chi connectivity index (χ3v) is 1.69. The molecule has 5 heteroatoms. The number of rotatable bonds is 3. The molecule has 0 spiro atoms. The molecule has 0 saturated heterocycles. The van der Waals surface area contributed by atoms with E-state index in [0.717, 1.165) is 5.69 Å². The lowest BCUT2D eigenvalue weighted by Gasteiger charge is -2.08. The molecule has 68 valence electrons. The average Bonchev–Trinajstić information content (AvgIpc) is 2.36. The SMILES string of the molecule is Cc1[nH]cnc1CC(N)C(F)F. The van der Waals surface area contributed by atoms with Gasteiger partial charge in [0.1, 0.15) is 0 Å². The van der Waals surface area contributed by atoms with Crippen molar-refractivity contribution in [3.05, 3.63) is 17.7 Å². The molecule has 3 nitrogen and oxygen atoms in total. The maximum atomic E-state index is 12.0. The molecule has 12 heavy (non-hydrogen) atoms. The maximum Gasteiger partial charge on any atom is 0.253 e. The number of hydrogen-bond acceptors (Lipinski definition) is 2. The second-order valence-electron chi connectivity index (χ2n) is 2.68. The van der Waals surface area contributed by atoms with Crippen molar-refractivity contribution in [3.8, 4) is 0 Å². The van der Waals surface area contributed by atoms with E-state index in [-0.39, 0.29) is 6.42 Å². The Kier molecular flexibility index (Phi) is 2.75. The first-order chi connectivity index (χ1) is 5.61. The van der Waals surface area contributed by atoms with Gasteiger partial charge in [0.15, 0.2) is 0 Å². The van der Waals surface area contributed by atoms with Crippen LogP contribution in [0, 0.1) is 6.92 Å². The van der Waals surface area contributed by atoms with Crippen LogP contribution in [0.3, 0.4) is 0 Å². The lowest BCUT2D eigenvalue weighted by Crippen LogP contribution is -2.31. The molecule has 1 aromatic rings. The standard InChI is InChI=1S/C7H11F2N3/c1-4-6(12-3-11-4)2-5(10)7(8)9/h3,5,7H,2,10H2,1H3,(H,11,12). The number of aromatic nitrogens is 2. The molecule has 0 radical (unpaired) electrons. The summed E-state index contributed by atoms with van der Waals surface area (Å²) < 4.78 is 24.0. The zero-order valence-electron chi connectivity index (χ0n) is 6.72. The summed E-state index contributed by atoms with van der Waals surface area (Å²) >= 11 is 0. The first-order valence-corrected chi connectivity index (χ1v) is 3.64. The van der Waals surface area contributed by atoms with E-state index >= 15 is 0 Å². The van der Waals surface area contributed by atoms with Crippen molar-refractivity contribution in [1.29, 1.82) is 0 Å². The number of nitrogens with one attached hydrogen (secondary N) is 1. The van der Waals surface area contributed by atoms with E-state index in [2.05, 4.69) is 9.97 Å². The fourth-order valence-corrected chi connectivity index (χ4v) is 0.905. The van der Waals surface area contributed by atoms with Crippen molar-refractivity contribution in [2.75, 3.05) is 0 Å². The number of H-pyrrole nitrogens is 1. The van der Waals surface area contributed by atoms with Crippen LogP contribution in [0.25, 0.3) is 0 Å². The highest BCUT2D eigenvalue weighted by Crippen LogP contribution is 2.07. The van der Waals surface area contributed by atoms with Crippen LogP contribution < -0.4 is 5.73 Å². The van der Waals surface area contributed by atoms with Crippen LogP contribution in [0.15, 0.2) is 6.33 Å². The van der Waals surface area contributed by atoms with Crippen molar-refractivity contribution < 1.29 is 8.78 Å². The van der Waals surface area contributed by atoms with Gasteiger partial charge >= 0.3 is 0 Å². The quantitative estimate of drug-likeness (QED) is 0.715. The fourth-order valence-electron chi connectivity index (χ4n) is 0.905. The molecule has 0 aliphatic rings. The van der Waals surface area contributed by atoms with Gasteiger partial charge in [-0.05, 0) is 6.92 Å². The Morgan fingerprint density at radius 2 is 2.33 bits per heavy atom. The minimum absolute atomic E-state index is 0.118. The molecule has 0 aliphatic carbocycles. The van der Waals surface area contributed by atoms with Gasteiger partial charge in [-0.3, -0.25) is 0 Å². The minimum atomic E-state index is -2.49. The third kappa shape index (κ3) is 2.01. The molecule has 1 aromatic heterocycles. The molecule has 0 amide bonds. The predicted octanol–water partition coefficient (Wildman–Crippen LogP) is 0.853. The smallest absolute Gasteiger partial charge is 0.253 e. The molecule has 1 atom stereocenters. The van der Waals surface area contributed by atoms with E-state index in [1.165, 1.54) is 6.33 Å². The van der Waals surface area contributed by atoms with Crippen molar-refractivity contribution >= 4 is 0 Å². The van der Waals surface area contributed by atoms with E-state index in [4.69, 9.17) is 5.73 Å². The summed E-state index contributed by atoms with van der Waals surface area (Å²) in [5.74, 6) is 0. The summed E-state index contributed by atoms with van der Waals surface area (Å²) in [6.45, 7) is 1.78. The van der Waals surface area contributed by atoms with E-state index < -0.39 is 12.5 Å². The van der Waals surface area contributed by atoms with Crippen molar-refractivity contribution in [3.63, 3.8) is 0 Å². The number of aryl methyl sites for hydroxylation is 1. The number of nitrogens with zero attached hydrogens (tertiary/aromatic N) is 1. The maximum absolute atomic E-state index is 12.0. The Bertz CT molecular complexity index is 247. The highest BCUT2D eigenvalue weighted by atomic mass is 19.3. The number of aromatic amines is 1. The van der Waals surface area contributed by atoms with Crippen molar-refractivity contribution in [2.45, 2.75) is 25.8 Å². The number of hydrogen-bond donors (Lipinski definition) is 2. The van der Waals surface area contributed by atoms with E-state index in [1.54, 1.807) is 6.92 Å². The molecule has 0 aromatic carbocycles. The van der Waals surface area contributed by atoms with Crippen LogP contribution >= 0.6 is 0 Å². The van der Waals surface area contributed by atoms with Gasteiger partial charge < -0.3 is 10.7 Å². The molecule has 3 N–H and O–H groups in total. The summed E-state index contributed by atoms with van der Waals surface area (Å²) in [4.78, 5) is 6.67. The topological polar surface area (TPSA) is 54.7 Å². The zero-order chi connectivity index (χ0) is 9.14. The van der Waals surface area contributed by atoms with Gasteiger partial charge in [-0.25, -0.2) is 13.8 Å². The summed E-state index contributed by atoms with van der Waals surface area (Å²) in [5, 5.41) is 0. The Morgan fingerprint density at radius 3 is 2.75 bits per heavy atom. The number of imidazole rings is 1. The molecular formula is C7H11F2N3. The van der Waals surface area contributed by atoms with Crippen LogP contribution in [0.4, 0.5) is 8.78 Å². The lowest BCUT2D eigenvalue weighted by molar-refractivity contribution is 0.115. The second kappa shape index (κ2) is 3.62. The zero-order valence-corrected chi connectivity index (χ0v) is 6.72. The largest absolute Gasteiger partial charge is 0.348 e. The van der Waals surface area contributed by atoms with Crippen LogP contribution in [-0.4, -0.2) is 22.4 Å². The first kappa shape index (κ1) is 9.12. The molecule has 0 saturated carbocycles. The van der Waals surface area contributed by atoms with Gasteiger partial charge in [-0.2, -0.15) is 0 Å². The predicted molar refractivity (Wildman–Crippen MR) is 41.0 cm³/mol. The van der Waals surface area contributed by atoms with Crippen LogP contribution in [-0.2, 0) is 6.42 Å². The molecule has 0 aliphatic heterocycles. The van der Waals surface area contributed by atoms with Gasteiger partial charge in [0.2, 0.25) is 0 Å². The monoisotopic (exact) mass is 175 g/mol. The Labute approximate surface area is 69.0 Å². The van der Waals surface area contributed by atoms with Crippen LogP contribution in [0.5, 0.6) is 0 Å². The molecule has 1 heterocycles. The van der Waals surface area contributed by atoms with Gasteiger partial charge in [-0.15, -0.1) is 0 Å². The van der Waals surface area contributed by atoms with Crippen molar-refractivity contribution in [1.82, 2.24) is 9.97 Å². The Hall–Kier alpha value is -0.970. The van der Waals surface area contributed by atoms with Crippen LogP contribution in [0.1, 0.15) is 11.4 Å². The summed E-state index contributed by atoms with van der Waals surface area (Å²) in [7, 11) is 0. The summed E-state index contributed by atoms with van der Waals surface area (Å²) in [5.41, 5.74) is 6.58. The van der Waals surface area contributed by atoms with Crippen LogP contribution in [0.2, 0.25) is 0 Å². The van der Waals surface area contributed by atoms with E-state index in [9.17, 15) is 8.78 Å². The fraction of sp³-hybridized carbons (Fsp3) is 0.571. The second-order valence-corrected chi connectivity index (χ2v) is 2.68. The Morgan fingerprint density at radius 1 is 1.67 bits per heavy atom. The van der Waals surface area contributed by atoms with Gasteiger partial charge in [0.05, 0.1) is 18.1 Å².